The van der Waals surface area contributed by atoms with Crippen LogP contribution in [0.5, 0.6) is 0 Å². The Hall–Kier alpha value is -4.69. The fourth-order valence-electron chi connectivity index (χ4n) is 5.74. The summed E-state index contributed by atoms with van der Waals surface area (Å²) >= 11 is 12.6. The van der Waals surface area contributed by atoms with Gasteiger partial charge in [0.05, 0.1) is 21.9 Å². The van der Waals surface area contributed by atoms with E-state index in [0.717, 1.165) is 30.3 Å². The minimum absolute atomic E-state index is 0.0874. The van der Waals surface area contributed by atoms with Gasteiger partial charge in [0.15, 0.2) is 18.6 Å². The molecule has 14 nitrogen and oxygen atoms in total. The highest BCUT2D eigenvalue weighted by Gasteiger charge is 2.23. The number of ether oxygens (including phenoxy) is 2. The van der Waals surface area contributed by atoms with E-state index in [1.54, 1.807) is 12.4 Å². The molecule has 0 aliphatic carbocycles. The fourth-order valence-corrected chi connectivity index (χ4v) is 7.72. The second-order valence-corrected chi connectivity index (χ2v) is 28.1. The van der Waals surface area contributed by atoms with Crippen molar-refractivity contribution in [2.24, 2.45) is 5.73 Å². The summed E-state index contributed by atoms with van der Waals surface area (Å²) in [5.41, 5.74) is 9.86. The van der Waals surface area contributed by atoms with E-state index in [4.69, 9.17) is 42.8 Å². The van der Waals surface area contributed by atoms with Gasteiger partial charge >= 0.3 is 0 Å². The number of nitrogens with two attached hydrogens (primary N) is 1. The van der Waals surface area contributed by atoms with E-state index in [9.17, 15) is 9.59 Å². The molecule has 0 saturated heterocycles. The van der Waals surface area contributed by atoms with Gasteiger partial charge in [-0.3, -0.25) is 19.7 Å². The average Bonchev–Trinajstić information content (AvgIpc) is 3.75. The molecule has 2 aromatic carbocycles. The molecular weight excluding hydrogens is 840 g/mol. The van der Waals surface area contributed by atoms with E-state index in [2.05, 4.69) is 65.0 Å². The fraction of sp³-hybridized carbons (Fsp3) is 0.381. The highest BCUT2D eigenvalue weighted by Crippen LogP contribution is 2.30. The van der Waals surface area contributed by atoms with Gasteiger partial charge in [-0.1, -0.05) is 111 Å². The Labute approximate surface area is 363 Å². The third-order valence-electron chi connectivity index (χ3n) is 8.94. The highest BCUT2D eigenvalue weighted by molar-refractivity contribution is 6.76. The van der Waals surface area contributed by atoms with Crippen molar-refractivity contribution in [3.63, 3.8) is 0 Å². The number of carbonyl (C=O) groups excluding carboxylic acids is 2. The smallest absolute Gasteiger partial charge is 0.195 e. The van der Waals surface area contributed by atoms with Crippen molar-refractivity contribution in [3.8, 4) is 0 Å². The van der Waals surface area contributed by atoms with Crippen LogP contribution < -0.4 is 5.73 Å². The van der Waals surface area contributed by atoms with E-state index < -0.39 is 21.1 Å². The molecule has 0 aliphatic heterocycles. The molecule has 0 amide bonds. The summed E-state index contributed by atoms with van der Waals surface area (Å²) in [6, 6.07) is 17.2. The maximum absolute atomic E-state index is 13.1. The third-order valence-corrected chi connectivity index (χ3v) is 12.9. The van der Waals surface area contributed by atoms with Crippen molar-refractivity contribution in [2.75, 3.05) is 27.3 Å². The van der Waals surface area contributed by atoms with Crippen molar-refractivity contribution in [3.05, 3.63) is 127 Å². The number of aryl methyl sites for hydroxylation is 2. The molecule has 4 heterocycles. The summed E-state index contributed by atoms with van der Waals surface area (Å²) in [5, 5.41) is 10.5. The molecule has 322 valence electrons. The Morgan fingerprint density at radius 2 is 1.00 bits per heavy atom. The number of fused-ring (bicyclic) bond motifs is 2. The summed E-state index contributed by atoms with van der Waals surface area (Å²) in [5.74, 6) is -0.175. The van der Waals surface area contributed by atoms with Crippen molar-refractivity contribution < 1.29 is 24.0 Å². The zero-order chi connectivity index (χ0) is 44.8. The average molecular weight is 896 g/mol. The Morgan fingerprint density at radius 3 is 1.32 bits per heavy atom. The van der Waals surface area contributed by atoms with Crippen molar-refractivity contribution >= 4 is 73.0 Å². The number of carbonyl (C=O) groups is 2. The molecule has 0 bridgehead atoms. The van der Waals surface area contributed by atoms with Crippen LogP contribution in [0.3, 0.4) is 0 Å². The van der Waals surface area contributed by atoms with E-state index in [1.807, 2.05) is 71.5 Å². The molecule has 6 aromatic rings. The van der Waals surface area contributed by atoms with Crippen LogP contribution in [0, 0.1) is 24.0 Å². The van der Waals surface area contributed by atoms with Crippen LogP contribution in [-0.4, -0.2) is 89.0 Å². The molecule has 18 heteroatoms. The monoisotopic (exact) mass is 894 g/mol. The van der Waals surface area contributed by atoms with E-state index in [1.165, 1.54) is 19.7 Å². The summed E-state index contributed by atoms with van der Waals surface area (Å²) in [7, 11) is 0.0765. The van der Waals surface area contributed by atoms with Gasteiger partial charge in [0.2, 0.25) is 0 Å². The first-order valence-electron chi connectivity index (χ1n) is 19.3. The number of hydrogen-bond donors (Lipinski definition) is 1. The zero-order valence-corrected chi connectivity index (χ0v) is 39.6. The van der Waals surface area contributed by atoms with Crippen molar-refractivity contribution in [1.82, 2.24) is 29.1 Å². The van der Waals surface area contributed by atoms with Crippen LogP contribution in [0.15, 0.2) is 73.6 Å². The molecule has 6 rings (SSSR count). The Bertz CT molecular complexity index is 2230. The second kappa shape index (κ2) is 22.8. The first-order chi connectivity index (χ1) is 28.3. The van der Waals surface area contributed by atoms with Gasteiger partial charge in [0.1, 0.15) is 47.7 Å². The van der Waals surface area contributed by atoms with Crippen LogP contribution in [0.4, 0.5) is 0 Å². The quantitative estimate of drug-likeness (QED) is 0.0275. The first kappa shape index (κ1) is 49.7. The van der Waals surface area contributed by atoms with Crippen LogP contribution >= 0.6 is 23.2 Å². The maximum Gasteiger partial charge on any atom is 0.195 e. The summed E-state index contributed by atoms with van der Waals surface area (Å²) in [6.45, 7) is 19.8. The van der Waals surface area contributed by atoms with Gasteiger partial charge in [-0.05, 0) is 44.1 Å². The van der Waals surface area contributed by atoms with E-state index in [0.29, 0.717) is 71.0 Å². The van der Waals surface area contributed by atoms with Crippen LogP contribution in [0.2, 0.25) is 61.7 Å². The normalized spacial score (nSPS) is 11.2. The number of nitrogens with zero attached hydrogens (tertiary/aromatic N) is 7. The van der Waals surface area contributed by atoms with E-state index in [-0.39, 0.29) is 21.9 Å². The maximum atomic E-state index is 13.1. The molecule has 60 heavy (non-hydrogen) atoms. The lowest BCUT2D eigenvalue weighted by Gasteiger charge is -2.15. The molecule has 0 radical (unpaired) electrons. The first-order valence-corrected chi connectivity index (χ1v) is 27.5. The SMILES string of the molecule is CN.C[N+](=O)[O-].Cc1ccccc1C(=O)c1cn(COCC[Si](C)(C)C)c2ncnc(Cl)c12.Cc1ccccc1C(=O)c1cn(COCC[Si](C)(C)C)c2ncnc(Cl)c12. The predicted octanol–water partition coefficient (Wildman–Crippen LogP) is 9.34. The predicted molar refractivity (Wildman–Crippen MR) is 246 cm³/mol. The third kappa shape index (κ3) is 14.2. The minimum atomic E-state index is -1.16. The molecular formula is C42H56Cl2N8O6Si2. The lowest BCUT2D eigenvalue weighted by molar-refractivity contribution is -0.445. The summed E-state index contributed by atoms with van der Waals surface area (Å²) in [4.78, 5) is 51.4. The van der Waals surface area contributed by atoms with E-state index >= 15 is 0 Å². The largest absolute Gasteiger partial charge is 0.361 e. The van der Waals surface area contributed by atoms with Gasteiger partial charge in [-0.15, -0.1) is 0 Å². The zero-order valence-electron chi connectivity index (χ0n) is 36.1. The molecule has 2 N–H and O–H groups in total. The second-order valence-electron chi connectivity index (χ2n) is 16.2. The van der Waals surface area contributed by atoms with Crippen LogP contribution in [0.25, 0.3) is 22.1 Å². The van der Waals surface area contributed by atoms with Gasteiger partial charge in [0, 0.05) is 57.8 Å². The standard InChI is InChI=1S/2C20H24ClN3O2Si.CH3NO2.CH5N/c2*1-14-7-5-6-8-15(14)18(25)16-11-24(13-26-9-10-27(2,3)4)20-17(16)19(21)22-12-23-20;1-2(3)4;1-2/h2*5-8,11-12H,9-10,13H2,1-4H3;1H3;2H2,1H3. The van der Waals surface area contributed by atoms with Gasteiger partial charge < -0.3 is 24.3 Å². The topological polar surface area (TPSA) is 183 Å². The lowest BCUT2D eigenvalue weighted by Crippen LogP contribution is -2.22. The Balaban J connectivity index is 0.000000283. The molecule has 0 atom stereocenters. The number of ketones is 2. The molecule has 0 aliphatic rings. The highest BCUT2D eigenvalue weighted by atomic mass is 35.5. The van der Waals surface area contributed by atoms with Crippen LogP contribution in [0.1, 0.15) is 43.0 Å². The Morgan fingerprint density at radius 1 is 0.667 bits per heavy atom. The molecule has 0 saturated carbocycles. The minimum Gasteiger partial charge on any atom is -0.361 e. The number of benzene rings is 2. The number of halogens is 2. The number of hydrogen-bond acceptors (Lipinski definition) is 11. The Kier molecular flexibility index (Phi) is 18.9. The van der Waals surface area contributed by atoms with Gasteiger partial charge in [0.25, 0.3) is 0 Å². The molecule has 0 fully saturated rings. The number of aromatic nitrogens is 6. The van der Waals surface area contributed by atoms with Crippen molar-refractivity contribution in [2.45, 2.75) is 78.7 Å². The summed E-state index contributed by atoms with van der Waals surface area (Å²) < 4.78 is 15.4. The van der Waals surface area contributed by atoms with Gasteiger partial charge in [-0.2, -0.15) is 0 Å². The molecule has 0 spiro atoms. The number of rotatable bonds is 14. The van der Waals surface area contributed by atoms with Gasteiger partial charge in [-0.25, -0.2) is 19.9 Å². The number of nitro groups is 1. The van der Waals surface area contributed by atoms with Crippen molar-refractivity contribution in [1.29, 1.82) is 0 Å². The lowest BCUT2D eigenvalue weighted by atomic mass is 10.00. The molecule has 4 aromatic heterocycles. The van der Waals surface area contributed by atoms with Crippen LogP contribution in [-0.2, 0) is 22.9 Å². The molecule has 0 unspecified atom stereocenters. The summed E-state index contributed by atoms with van der Waals surface area (Å²) in [6.07, 6.45) is 6.36.